The van der Waals surface area contributed by atoms with Crippen LogP contribution >= 0.6 is 0 Å². The fourth-order valence-electron chi connectivity index (χ4n) is 1.40. The lowest BCUT2D eigenvalue weighted by atomic mass is 10.1. The fourth-order valence-corrected chi connectivity index (χ4v) is 1.40. The van der Waals surface area contributed by atoms with Gasteiger partial charge in [0.15, 0.2) is 11.6 Å². The number of hydrogen-bond acceptors (Lipinski definition) is 0. The van der Waals surface area contributed by atoms with E-state index < -0.39 is 23.3 Å². The minimum absolute atomic E-state index is 0.163. The van der Waals surface area contributed by atoms with Crippen molar-refractivity contribution in [2.45, 2.75) is 0 Å². The van der Waals surface area contributed by atoms with Gasteiger partial charge in [0.2, 0.25) is 0 Å². The average molecular weight is 226 g/mol. The van der Waals surface area contributed by atoms with Crippen LogP contribution in [-0.4, -0.2) is 0 Å². The van der Waals surface area contributed by atoms with Gasteiger partial charge in [-0.1, -0.05) is 6.07 Å². The van der Waals surface area contributed by atoms with Crippen molar-refractivity contribution in [3.8, 4) is 11.1 Å². The Labute approximate surface area is 89.2 Å². The van der Waals surface area contributed by atoms with E-state index in [-0.39, 0.29) is 11.1 Å². The van der Waals surface area contributed by atoms with Crippen molar-refractivity contribution in [3.05, 3.63) is 59.7 Å². The zero-order chi connectivity index (χ0) is 11.7. The van der Waals surface area contributed by atoms with Crippen LogP contribution in [0.4, 0.5) is 17.6 Å². The highest BCUT2D eigenvalue weighted by Gasteiger charge is 2.06. The number of benzene rings is 2. The van der Waals surface area contributed by atoms with Crippen LogP contribution in [-0.2, 0) is 0 Å². The van der Waals surface area contributed by atoms with E-state index in [1.165, 1.54) is 6.07 Å². The van der Waals surface area contributed by atoms with Gasteiger partial charge in [-0.15, -0.1) is 0 Å². The zero-order valence-electron chi connectivity index (χ0n) is 7.98. The molecule has 4 heteroatoms. The Balaban J connectivity index is 2.54. The average Bonchev–Trinajstić information content (AvgIpc) is 2.20. The minimum Gasteiger partial charge on any atom is -0.207 e. The molecule has 16 heavy (non-hydrogen) atoms. The lowest BCUT2D eigenvalue weighted by molar-refractivity contribution is 0.509. The van der Waals surface area contributed by atoms with Gasteiger partial charge in [0.25, 0.3) is 0 Å². The monoisotopic (exact) mass is 226 g/mol. The molecule has 0 amide bonds. The second-order valence-corrected chi connectivity index (χ2v) is 3.29. The molecule has 0 aromatic heterocycles. The summed E-state index contributed by atoms with van der Waals surface area (Å²) in [5, 5.41) is 0. The van der Waals surface area contributed by atoms with E-state index in [1.807, 2.05) is 0 Å². The first-order valence-electron chi connectivity index (χ1n) is 4.48. The topological polar surface area (TPSA) is 0 Å². The minimum atomic E-state index is -1.05. The molecule has 0 aliphatic rings. The Hall–Kier alpha value is -1.84. The Bertz CT molecular complexity index is 514. The lowest BCUT2D eigenvalue weighted by Gasteiger charge is -2.03. The Morgan fingerprint density at radius 1 is 0.562 bits per heavy atom. The Kier molecular flexibility index (Phi) is 2.64. The maximum atomic E-state index is 12.9. The van der Waals surface area contributed by atoms with Crippen molar-refractivity contribution in [2.75, 3.05) is 0 Å². The third kappa shape index (κ3) is 2.05. The summed E-state index contributed by atoms with van der Waals surface area (Å²) in [7, 11) is 0. The molecule has 0 N–H and O–H groups in total. The lowest BCUT2D eigenvalue weighted by Crippen LogP contribution is -1.87. The van der Waals surface area contributed by atoms with Crippen LogP contribution in [0.2, 0.25) is 0 Å². The highest BCUT2D eigenvalue weighted by atomic mass is 19.2. The van der Waals surface area contributed by atoms with Crippen molar-refractivity contribution in [1.82, 2.24) is 0 Å². The van der Waals surface area contributed by atoms with E-state index in [1.54, 1.807) is 0 Å². The molecule has 0 aliphatic carbocycles. The zero-order valence-corrected chi connectivity index (χ0v) is 7.98. The Morgan fingerprint density at radius 3 is 1.75 bits per heavy atom. The van der Waals surface area contributed by atoms with E-state index in [0.29, 0.717) is 6.07 Å². The summed E-state index contributed by atoms with van der Waals surface area (Å²) in [6.45, 7) is 0. The molecule has 0 atom stereocenters. The second-order valence-electron chi connectivity index (χ2n) is 3.29. The number of rotatable bonds is 1. The summed E-state index contributed by atoms with van der Waals surface area (Å²) in [5.74, 6) is -3.58. The second kappa shape index (κ2) is 3.96. The highest BCUT2D eigenvalue weighted by molar-refractivity contribution is 5.63. The molecule has 2 aromatic rings. The molecule has 0 radical (unpaired) electrons. The first-order chi connectivity index (χ1) is 7.56. The van der Waals surface area contributed by atoms with E-state index >= 15 is 0 Å². The fraction of sp³-hybridized carbons (Fsp3) is 0. The summed E-state index contributed by atoms with van der Waals surface area (Å²) in [4.78, 5) is 0. The largest absolute Gasteiger partial charge is 0.207 e. The maximum Gasteiger partial charge on any atom is 0.159 e. The van der Waals surface area contributed by atoms with Gasteiger partial charge in [-0.25, -0.2) is 17.6 Å². The predicted molar refractivity (Wildman–Crippen MR) is 51.7 cm³/mol. The van der Waals surface area contributed by atoms with Gasteiger partial charge in [-0.05, 0) is 35.4 Å². The van der Waals surface area contributed by atoms with Crippen molar-refractivity contribution in [2.24, 2.45) is 0 Å². The summed E-state index contributed by atoms with van der Waals surface area (Å²) in [5.41, 5.74) is 0.383. The van der Waals surface area contributed by atoms with Crippen LogP contribution in [0.1, 0.15) is 0 Å². The SMILES string of the molecule is Fc1cc(F)cc(-c2ccc(F)c(F)c2)c1. The maximum absolute atomic E-state index is 12.9. The third-order valence-corrected chi connectivity index (χ3v) is 2.12. The summed E-state index contributed by atoms with van der Waals surface area (Å²) in [6.07, 6.45) is 0. The van der Waals surface area contributed by atoms with Gasteiger partial charge in [-0.2, -0.15) is 0 Å². The van der Waals surface area contributed by atoms with Crippen molar-refractivity contribution in [1.29, 1.82) is 0 Å². The van der Waals surface area contributed by atoms with Crippen LogP contribution < -0.4 is 0 Å². The van der Waals surface area contributed by atoms with Crippen LogP contribution in [0.15, 0.2) is 36.4 Å². The molecule has 0 aliphatic heterocycles. The third-order valence-electron chi connectivity index (χ3n) is 2.12. The smallest absolute Gasteiger partial charge is 0.159 e. The first kappa shape index (κ1) is 10.7. The van der Waals surface area contributed by atoms with Crippen LogP contribution in [0.3, 0.4) is 0 Å². The molecule has 0 unspecified atom stereocenters. The van der Waals surface area contributed by atoms with Gasteiger partial charge in [0, 0.05) is 6.07 Å². The van der Waals surface area contributed by atoms with Crippen LogP contribution in [0, 0.1) is 23.3 Å². The Morgan fingerprint density at radius 2 is 1.19 bits per heavy atom. The molecule has 82 valence electrons. The molecule has 0 bridgehead atoms. The molecule has 0 heterocycles. The number of hydrogen-bond donors (Lipinski definition) is 0. The van der Waals surface area contributed by atoms with Gasteiger partial charge >= 0.3 is 0 Å². The van der Waals surface area contributed by atoms with E-state index in [9.17, 15) is 17.6 Å². The quantitative estimate of drug-likeness (QED) is 0.646. The molecular weight excluding hydrogens is 220 g/mol. The predicted octanol–water partition coefficient (Wildman–Crippen LogP) is 3.91. The summed E-state index contributed by atoms with van der Waals surface area (Å²) >= 11 is 0. The van der Waals surface area contributed by atoms with E-state index in [4.69, 9.17) is 0 Å². The van der Waals surface area contributed by atoms with Gasteiger partial charge < -0.3 is 0 Å². The molecule has 2 aromatic carbocycles. The normalized spacial score (nSPS) is 10.5. The highest BCUT2D eigenvalue weighted by Crippen LogP contribution is 2.23. The summed E-state index contributed by atoms with van der Waals surface area (Å²) in [6, 6.07) is 5.87. The number of halogens is 4. The van der Waals surface area contributed by atoms with Crippen molar-refractivity contribution >= 4 is 0 Å². The van der Waals surface area contributed by atoms with Crippen molar-refractivity contribution in [3.63, 3.8) is 0 Å². The van der Waals surface area contributed by atoms with Gasteiger partial charge in [0.05, 0.1) is 0 Å². The molecule has 0 fully saturated rings. The standard InChI is InChI=1S/C12H6F4/c13-9-3-8(4-10(14)6-9)7-1-2-11(15)12(16)5-7/h1-6H. The van der Waals surface area contributed by atoms with Crippen LogP contribution in [0.5, 0.6) is 0 Å². The molecule has 0 saturated carbocycles. The molecule has 0 saturated heterocycles. The summed E-state index contributed by atoms with van der Waals surface area (Å²) < 4.78 is 51.3. The first-order valence-corrected chi connectivity index (χ1v) is 4.48. The van der Waals surface area contributed by atoms with E-state index in [0.717, 1.165) is 24.3 Å². The van der Waals surface area contributed by atoms with E-state index in [2.05, 4.69) is 0 Å². The molecule has 2 rings (SSSR count). The van der Waals surface area contributed by atoms with Gasteiger partial charge in [0.1, 0.15) is 11.6 Å². The van der Waals surface area contributed by atoms with Gasteiger partial charge in [-0.3, -0.25) is 0 Å². The molecular formula is C12H6F4. The molecule has 0 spiro atoms. The van der Waals surface area contributed by atoms with Crippen molar-refractivity contribution < 1.29 is 17.6 Å². The van der Waals surface area contributed by atoms with Crippen LogP contribution in [0.25, 0.3) is 11.1 Å². The molecule has 0 nitrogen and oxygen atoms in total.